The number of hydrogen-bond donors (Lipinski definition) is 0. The quantitative estimate of drug-likeness (QED) is 0.356. The Bertz CT molecular complexity index is 1250. The molecule has 8 heteroatoms. The fourth-order valence-corrected chi connectivity index (χ4v) is 3.20. The van der Waals surface area contributed by atoms with E-state index in [1.807, 2.05) is 36.4 Å². The van der Waals surface area contributed by atoms with Gasteiger partial charge in [-0.15, -0.1) is 0 Å². The molecule has 5 aromatic heterocycles. The Hall–Kier alpha value is -3.39. The van der Waals surface area contributed by atoms with E-state index in [4.69, 9.17) is 18.3 Å². The maximum absolute atomic E-state index is 5.75. The Labute approximate surface area is 174 Å². The van der Waals surface area contributed by atoms with Gasteiger partial charge in [-0.05, 0) is 52.3 Å². The molecular formula is C21H16BrN3O4. The Morgan fingerprint density at radius 3 is 2.10 bits per heavy atom. The van der Waals surface area contributed by atoms with Gasteiger partial charge < -0.3 is 18.3 Å². The molecule has 146 valence electrons. The zero-order valence-electron chi connectivity index (χ0n) is 15.6. The lowest BCUT2D eigenvalue weighted by Gasteiger charge is -1.97. The molecule has 0 bridgehead atoms. The second kappa shape index (κ2) is 8.32. The maximum atomic E-state index is 5.75. The fraction of sp³-hybridized carbons (Fsp3) is 0.0952. The third kappa shape index (κ3) is 3.93. The number of nitrogens with zero attached hydrogens (tertiary/aromatic N) is 3. The van der Waals surface area contributed by atoms with Gasteiger partial charge in [0.2, 0.25) is 0 Å². The van der Waals surface area contributed by atoms with Crippen LogP contribution in [0.2, 0.25) is 0 Å². The number of aromatic nitrogens is 3. The summed E-state index contributed by atoms with van der Waals surface area (Å²) < 4.78 is 21.9. The number of methoxy groups -OCH3 is 2. The fourth-order valence-electron chi connectivity index (χ4n) is 2.79. The number of furan rings is 2. The van der Waals surface area contributed by atoms with E-state index in [0.29, 0.717) is 27.6 Å². The Morgan fingerprint density at radius 1 is 0.828 bits per heavy atom. The molecule has 0 fully saturated rings. The van der Waals surface area contributed by atoms with Crippen LogP contribution in [-0.4, -0.2) is 29.2 Å². The lowest BCUT2D eigenvalue weighted by Crippen LogP contribution is -1.85. The van der Waals surface area contributed by atoms with E-state index in [-0.39, 0.29) is 0 Å². The zero-order chi connectivity index (χ0) is 20.2. The number of fused-ring (bicyclic) bond motifs is 2. The number of rotatable bonds is 3. The van der Waals surface area contributed by atoms with Gasteiger partial charge in [-0.1, -0.05) is 0 Å². The van der Waals surface area contributed by atoms with E-state index in [9.17, 15) is 0 Å². The van der Waals surface area contributed by atoms with Crippen molar-refractivity contribution in [1.29, 1.82) is 0 Å². The van der Waals surface area contributed by atoms with Gasteiger partial charge in [-0.2, -0.15) is 0 Å². The van der Waals surface area contributed by atoms with Crippen LogP contribution >= 0.6 is 15.9 Å². The molecule has 5 heterocycles. The molecule has 5 aromatic rings. The number of halogens is 1. The first kappa shape index (κ1) is 18.9. The molecule has 0 unspecified atom stereocenters. The molecule has 0 radical (unpaired) electrons. The molecule has 0 saturated carbocycles. The minimum atomic E-state index is 0.498. The monoisotopic (exact) mass is 453 g/mol. The first-order chi connectivity index (χ1) is 14.2. The van der Waals surface area contributed by atoms with Gasteiger partial charge in [0.1, 0.15) is 5.76 Å². The van der Waals surface area contributed by atoms with E-state index < -0.39 is 0 Å². The summed E-state index contributed by atoms with van der Waals surface area (Å²) in [6, 6.07) is 11.4. The molecule has 7 nitrogen and oxygen atoms in total. The SMILES string of the molecule is COc1nccc2cc(-c3cccnc3)oc12.COc1nccc2cc(Br)oc12. The Kier molecular flexibility index (Phi) is 5.44. The smallest absolute Gasteiger partial charge is 0.258 e. The van der Waals surface area contributed by atoms with Crippen LogP contribution in [0.25, 0.3) is 33.3 Å². The van der Waals surface area contributed by atoms with E-state index >= 15 is 0 Å². The van der Waals surface area contributed by atoms with Crippen LogP contribution in [0.1, 0.15) is 0 Å². The zero-order valence-corrected chi connectivity index (χ0v) is 17.2. The molecule has 0 spiro atoms. The highest BCUT2D eigenvalue weighted by Crippen LogP contribution is 2.31. The molecule has 0 N–H and O–H groups in total. The van der Waals surface area contributed by atoms with Crippen LogP contribution in [0, 0.1) is 0 Å². The minimum Gasteiger partial charge on any atom is -0.478 e. The van der Waals surface area contributed by atoms with E-state index in [1.54, 1.807) is 39.0 Å². The second-order valence-corrected chi connectivity index (χ2v) is 6.66. The minimum absolute atomic E-state index is 0.498. The van der Waals surface area contributed by atoms with Crippen LogP contribution in [0.5, 0.6) is 11.8 Å². The summed E-state index contributed by atoms with van der Waals surface area (Å²) in [5.41, 5.74) is 2.27. The molecule has 0 aromatic carbocycles. The molecule has 0 aliphatic carbocycles. The van der Waals surface area contributed by atoms with Gasteiger partial charge in [0.05, 0.1) is 14.2 Å². The third-order valence-corrected chi connectivity index (χ3v) is 4.50. The second-order valence-electron chi connectivity index (χ2n) is 5.88. The average Bonchev–Trinajstić information content (AvgIpc) is 3.37. The van der Waals surface area contributed by atoms with Gasteiger partial charge >= 0.3 is 0 Å². The van der Waals surface area contributed by atoms with Crippen LogP contribution in [-0.2, 0) is 0 Å². The summed E-state index contributed by atoms with van der Waals surface area (Å²) in [6.07, 6.45) is 6.87. The first-order valence-corrected chi connectivity index (χ1v) is 9.40. The Morgan fingerprint density at radius 2 is 1.48 bits per heavy atom. The summed E-state index contributed by atoms with van der Waals surface area (Å²) >= 11 is 3.24. The topological polar surface area (TPSA) is 83.4 Å². The summed E-state index contributed by atoms with van der Waals surface area (Å²) in [5, 5.41) is 1.95. The normalized spacial score (nSPS) is 10.6. The Balaban J connectivity index is 0.000000150. The largest absolute Gasteiger partial charge is 0.478 e. The van der Waals surface area contributed by atoms with Crippen LogP contribution < -0.4 is 9.47 Å². The lowest BCUT2D eigenvalue weighted by molar-refractivity contribution is 0.392. The summed E-state index contributed by atoms with van der Waals surface area (Å²) in [5.74, 6) is 1.77. The van der Waals surface area contributed by atoms with Crippen molar-refractivity contribution in [3.05, 3.63) is 65.9 Å². The van der Waals surface area contributed by atoms with Crippen LogP contribution in [0.3, 0.4) is 0 Å². The van der Waals surface area contributed by atoms with Gasteiger partial charge in [-0.3, -0.25) is 4.98 Å². The van der Waals surface area contributed by atoms with E-state index in [0.717, 1.165) is 22.1 Å². The lowest BCUT2D eigenvalue weighted by atomic mass is 10.2. The van der Waals surface area contributed by atoms with Crippen LogP contribution in [0.4, 0.5) is 0 Å². The van der Waals surface area contributed by atoms with Crippen molar-refractivity contribution in [2.24, 2.45) is 0 Å². The first-order valence-electron chi connectivity index (χ1n) is 8.60. The number of hydrogen-bond acceptors (Lipinski definition) is 7. The third-order valence-electron chi connectivity index (χ3n) is 4.10. The molecule has 0 saturated heterocycles. The molecule has 0 amide bonds. The van der Waals surface area contributed by atoms with Crippen molar-refractivity contribution in [2.45, 2.75) is 0 Å². The molecule has 0 atom stereocenters. The van der Waals surface area contributed by atoms with Crippen molar-refractivity contribution in [3.8, 4) is 23.1 Å². The highest BCUT2D eigenvalue weighted by Gasteiger charge is 2.11. The molecular weight excluding hydrogens is 438 g/mol. The van der Waals surface area contributed by atoms with Crippen molar-refractivity contribution in [1.82, 2.24) is 15.0 Å². The van der Waals surface area contributed by atoms with Gasteiger partial charge in [0.25, 0.3) is 11.8 Å². The summed E-state index contributed by atoms with van der Waals surface area (Å²) in [6.45, 7) is 0. The number of ether oxygens (including phenoxy) is 2. The van der Waals surface area contributed by atoms with Crippen LogP contribution in [0.15, 0.2) is 74.7 Å². The highest BCUT2D eigenvalue weighted by atomic mass is 79.9. The predicted octanol–water partition coefficient (Wildman–Crippen LogP) is 5.50. The summed E-state index contributed by atoms with van der Waals surface area (Å²) in [7, 11) is 3.15. The van der Waals surface area contributed by atoms with E-state index in [1.165, 1.54) is 0 Å². The average molecular weight is 454 g/mol. The maximum Gasteiger partial charge on any atom is 0.258 e. The number of pyridine rings is 3. The predicted molar refractivity (Wildman–Crippen MR) is 112 cm³/mol. The van der Waals surface area contributed by atoms with Gasteiger partial charge in [0, 0.05) is 41.1 Å². The molecule has 5 rings (SSSR count). The van der Waals surface area contributed by atoms with Gasteiger partial charge in [-0.25, -0.2) is 9.97 Å². The van der Waals surface area contributed by atoms with Crippen molar-refractivity contribution in [2.75, 3.05) is 14.2 Å². The standard InChI is InChI=1S/C13H10N2O2.C8H6BrNO2/c1-16-13-12-9(4-6-15-13)7-11(17-12)10-3-2-5-14-8-10;1-11-8-7-5(2-3-10-8)4-6(9)12-7/h2-8H,1H3;2-4H,1H3. The van der Waals surface area contributed by atoms with E-state index in [2.05, 4.69) is 30.9 Å². The van der Waals surface area contributed by atoms with Gasteiger partial charge in [0.15, 0.2) is 15.8 Å². The van der Waals surface area contributed by atoms with Crippen molar-refractivity contribution in [3.63, 3.8) is 0 Å². The molecule has 0 aliphatic rings. The summed E-state index contributed by atoms with van der Waals surface area (Å²) in [4.78, 5) is 12.2. The highest BCUT2D eigenvalue weighted by molar-refractivity contribution is 9.10. The molecule has 29 heavy (non-hydrogen) atoms. The van der Waals surface area contributed by atoms with Crippen molar-refractivity contribution < 1.29 is 18.3 Å². The molecule has 0 aliphatic heterocycles. The van der Waals surface area contributed by atoms with Crippen molar-refractivity contribution >= 4 is 37.9 Å².